The quantitative estimate of drug-likeness (QED) is 0.404. The minimum absolute atomic E-state index is 0.0505. The van der Waals surface area contributed by atoms with Crippen molar-refractivity contribution in [2.75, 3.05) is 13.1 Å². The summed E-state index contributed by atoms with van der Waals surface area (Å²) in [6, 6.07) is 8.18. The summed E-state index contributed by atoms with van der Waals surface area (Å²) in [6.45, 7) is 6.14. The first-order valence-corrected chi connectivity index (χ1v) is 11.8. The van der Waals surface area contributed by atoms with Gasteiger partial charge in [0.05, 0.1) is 11.0 Å². The van der Waals surface area contributed by atoms with Gasteiger partial charge in [0, 0.05) is 55.8 Å². The molecular formula is C24H26N4O5S. The molecule has 10 heteroatoms. The number of furan rings is 1. The fourth-order valence-corrected chi connectivity index (χ4v) is 4.95. The van der Waals surface area contributed by atoms with Gasteiger partial charge in [-0.15, -0.1) is 0 Å². The van der Waals surface area contributed by atoms with E-state index in [0.717, 1.165) is 53.7 Å². The Hall–Kier alpha value is -3.50. The Morgan fingerprint density at radius 1 is 1.35 bits per heavy atom. The van der Waals surface area contributed by atoms with Crippen molar-refractivity contribution in [1.82, 2.24) is 20.2 Å². The highest BCUT2D eigenvalue weighted by Gasteiger charge is 2.21. The van der Waals surface area contributed by atoms with Crippen LogP contribution in [0.2, 0.25) is 0 Å². The Morgan fingerprint density at radius 3 is 2.82 bits per heavy atom. The fraction of sp³-hybridized carbons (Fsp3) is 0.333. The molecule has 0 atom stereocenters. The van der Waals surface area contributed by atoms with Crippen LogP contribution in [-0.4, -0.2) is 51.5 Å². The number of nitrogens with zero attached hydrogens (tertiary/aromatic N) is 3. The molecule has 0 saturated carbocycles. The highest BCUT2D eigenvalue weighted by molar-refractivity contribution is 7.20. The molecule has 0 aliphatic carbocycles. The van der Waals surface area contributed by atoms with E-state index in [2.05, 4.69) is 20.2 Å². The Labute approximate surface area is 200 Å². The van der Waals surface area contributed by atoms with Gasteiger partial charge < -0.3 is 19.6 Å². The molecule has 2 N–H and O–H groups in total. The number of aryl methyl sites for hydroxylation is 1. The molecule has 0 radical (unpaired) electrons. The van der Waals surface area contributed by atoms with E-state index in [1.54, 1.807) is 13.1 Å². The minimum Gasteiger partial charge on any atom is -0.483 e. The van der Waals surface area contributed by atoms with Crippen LogP contribution < -0.4 is 10.1 Å². The molecular weight excluding hydrogens is 456 g/mol. The summed E-state index contributed by atoms with van der Waals surface area (Å²) in [4.78, 5) is 30.8. The van der Waals surface area contributed by atoms with Gasteiger partial charge in [0.25, 0.3) is 11.7 Å². The monoisotopic (exact) mass is 482 g/mol. The van der Waals surface area contributed by atoms with Gasteiger partial charge in [-0.05, 0) is 43.5 Å². The second-order valence-electron chi connectivity index (χ2n) is 8.14. The molecule has 1 aliphatic heterocycles. The highest BCUT2D eigenvalue weighted by Crippen LogP contribution is 2.34. The van der Waals surface area contributed by atoms with E-state index in [-0.39, 0.29) is 18.4 Å². The predicted molar refractivity (Wildman–Crippen MR) is 129 cm³/mol. The molecule has 0 spiro atoms. The van der Waals surface area contributed by atoms with Gasteiger partial charge in [0.2, 0.25) is 5.91 Å². The largest absolute Gasteiger partial charge is 0.483 e. The lowest BCUT2D eigenvalue weighted by atomic mass is 10.0. The zero-order valence-corrected chi connectivity index (χ0v) is 19.8. The number of fused-ring (bicyclic) bond motifs is 2. The molecule has 0 unspecified atom stereocenters. The van der Waals surface area contributed by atoms with E-state index in [4.69, 9.17) is 19.1 Å². The van der Waals surface area contributed by atoms with Crippen LogP contribution in [0.3, 0.4) is 0 Å². The number of nitrogens with one attached hydrogen (secondary N) is 1. The third kappa shape index (κ3) is 5.52. The summed E-state index contributed by atoms with van der Waals surface area (Å²) in [6.07, 6.45) is 5.55. The predicted octanol–water partition coefficient (Wildman–Crippen LogP) is 4.34. The Morgan fingerprint density at radius 2 is 2.12 bits per heavy atom. The van der Waals surface area contributed by atoms with Crippen LogP contribution in [0.5, 0.6) is 10.9 Å². The van der Waals surface area contributed by atoms with Crippen molar-refractivity contribution < 1.29 is 23.8 Å². The molecule has 0 bridgehead atoms. The van der Waals surface area contributed by atoms with Gasteiger partial charge >= 0.3 is 0 Å². The lowest BCUT2D eigenvalue weighted by Crippen LogP contribution is -2.43. The maximum atomic E-state index is 11.2. The SMILES string of the molecule is CC(=O)NC1CCN(Cc2coc3cc(Oc4nc5nccc(C)c5s4)ccc23)CC1.O=CO. The van der Waals surface area contributed by atoms with E-state index in [1.807, 2.05) is 37.5 Å². The van der Waals surface area contributed by atoms with Gasteiger partial charge in [-0.2, -0.15) is 4.98 Å². The van der Waals surface area contributed by atoms with Crippen molar-refractivity contribution in [2.24, 2.45) is 0 Å². The van der Waals surface area contributed by atoms with Crippen LogP contribution in [0.1, 0.15) is 30.9 Å². The summed E-state index contributed by atoms with van der Waals surface area (Å²) in [5, 5.41) is 11.6. The first-order valence-electron chi connectivity index (χ1n) is 10.9. The number of ether oxygens (including phenoxy) is 1. The van der Waals surface area contributed by atoms with Crippen LogP contribution >= 0.6 is 11.3 Å². The van der Waals surface area contributed by atoms with Crippen molar-refractivity contribution in [3.05, 3.63) is 47.9 Å². The van der Waals surface area contributed by atoms with Crippen molar-refractivity contribution >= 4 is 45.0 Å². The summed E-state index contributed by atoms with van der Waals surface area (Å²) >= 11 is 1.50. The van der Waals surface area contributed by atoms with E-state index in [9.17, 15) is 4.79 Å². The first kappa shape index (κ1) is 23.7. The zero-order valence-electron chi connectivity index (χ0n) is 19.0. The molecule has 1 saturated heterocycles. The molecule has 178 valence electrons. The van der Waals surface area contributed by atoms with Crippen LogP contribution in [0.4, 0.5) is 0 Å². The Bertz CT molecular complexity index is 1290. The molecule has 1 aliphatic rings. The molecule has 4 heterocycles. The summed E-state index contributed by atoms with van der Waals surface area (Å²) in [7, 11) is 0. The second kappa shape index (κ2) is 10.6. The van der Waals surface area contributed by atoms with Crippen molar-refractivity contribution in [2.45, 2.75) is 39.3 Å². The van der Waals surface area contributed by atoms with Gasteiger partial charge in [-0.25, -0.2) is 4.98 Å². The number of amides is 1. The Balaban J connectivity index is 0.000000868. The van der Waals surface area contributed by atoms with Crippen molar-refractivity contribution in [3.63, 3.8) is 0 Å². The van der Waals surface area contributed by atoms with Gasteiger partial charge in [-0.3, -0.25) is 14.5 Å². The molecule has 34 heavy (non-hydrogen) atoms. The fourth-order valence-electron chi connectivity index (χ4n) is 4.09. The number of piperidine rings is 1. The normalized spacial score (nSPS) is 14.5. The van der Waals surface area contributed by atoms with E-state index < -0.39 is 0 Å². The molecule has 1 amide bonds. The number of carbonyl (C=O) groups is 2. The van der Waals surface area contributed by atoms with Crippen LogP contribution in [0.25, 0.3) is 21.3 Å². The number of hydrogen-bond donors (Lipinski definition) is 2. The molecule has 1 aromatic carbocycles. The number of hydrogen-bond acceptors (Lipinski definition) is 8. The number of likely N-dealkylation sites (tertiary alicyclic amines) is 1. The van der Waals surface area contributed by atoms with Gasteiger partial charge in [-0.1, -0.05) is 11.3 Å². The lowest BCUT2D eigenvalue weighted by Gasteiger charge is -2.31. The first-order chi connectivity index (χ1) is 16.5. The maximum absolute atomic E-state index is 11.2. The molecule has 3 aromatic heterocycles. The van der Waals surface area contributed by atoms with E-state index >= 15 is 0 Å². The van der Waals surface area contributed by atoms with Crippen molar-refractivity contribution in [3.8, 4) is 10.9 Å². The average Bonchev–Trinajstić information content (AvgIpc) is 3.40. The van der Waals surface area contributed by atoms with Crippen LogP contribution in [0.15, 0.2) is 41.1 Å². The third-order valence-electron chi connectivity index (χ3n) is 5.69. The molecule has 9 nitrogen and oxygen atoms in total. The number of thiazole rings is 1. The summed E-state index contributed by atoms with van der Waals surface area (Å²) < 4.78 is 12.9. The number of carboxylic acid groups (broad SMARTS) is 1. The molecule has 4 aromatic rings. The number of aromatic nitrogens is 2. The number of benzene rings is 1. The van der Waals surface area contributed by atoms with Crippen LogP contribution in [-0.2, 0) is 16.1 Å². The zero-order chi connectivity index (χ0) is 24.1. The number of carbonyl (C=O) groups excluding carboxylic acids is 1. The smallest absolute Gasteiger partial charge is 0.290 e. The average molecular weight is 483 g/mol. The second-order valence-corrected chi connectivity index (χ2v) is 9.10. The van der Waals surface area contributed by atoms with Gasteiger partial charge in [0.15, 0.2) is 5.65 Å². The third-order valence-corrected chi connectivity index (χ3v) is 6.75. The number of pyridine rings is 1. The van der Waals surface area contributed by atoms with Crippen molar-refractivity contribution in [1.29, 1.82) is 0 Å². The standard InChI is InChI=1S/C23H24N4O3S.CH2O2/c1-14-5-8-24-22-21(14)31-23(26-22)30-18-3-4-19-16(13-29-20(19)11-18)12-27-9-6-17(7-10-27)25-15(2)28;2-1-3/h3-5,8,11,13,17H,6-7,9-10,12H2,1-2H3,(H,25,28);1H,(H,2,3). The molecule has 1 fully saturated rings. The topological polar surface area (TPSA) is 118 Å². The Kier molecular flexibility index (Phi) is 7.39. The maximum Gasteiger partial charge on any atom is 0.290 e. The highest BCUT2D eigenvalue weighted by atomic mass is 32.1. The van der Waals surface area contributed by atoms with Crippen LogP contribution in [0, 0.1) is 6.92 Å². The minimum atomic E-state index is -0.250. The van der Waals surface area contributed by atoms with E-state index in [0.29, 0.717) is 16.6 Å². The van der Waals surface area contributed by atoms with Gasteiger partial charge in [0.1, 0.15) is 11.3 Å². The summed E-state index contributed by atoms with van der Waals surface area (Å²) in [5.41, 5.74) is 3.82. The number of rotatable bonds is 5. The lowest BCUT2D eigenvalue weighted by molar-refractivity contribution is -0.123. The van der Waals surface area contributed by atoms with E-state index in [1.165, 1.54) is 16.9 Å². The summed E-state index contributed by atoms with van der Waals surface area (Å²) in [5.74, 6) is 0.746. The molecule has 5 rings (SSSR count).